The summed E-state index contributed by atoms with van der Waals surface area (Å²) in [5.41, 5.74) is 2.06. The number of carbonyl (C=O) groups is 2. The van der Waals surface area contributed by atoms with Gasteiger partial charge in [0.25, 0.3) is 5.91 Å². The fourth-order valence-electron chi connectivity index (χ4n) is 2.63. The Kier molecular flexibility index (Phi) is 7.67. The van der Waals surface area contributed by atoms with Crippen molar-refractivity contribution in [1.29, 1.82) is 0 Å². The van der Waals surface area contributed by atoms with E-state index in [9.17, 15) is 9.59 Å². The second-order valence-corrected chi connectivity index (χ2v) is 6.70. The van der Waals surface area contributed by atoms with Crippen molar-refractivity contribution >= 4 is 23.4 Å². The molecule has 6 heteroatoms. The number of aryl methyl sites for hydroxylation is 1. The Morgan fingerprint density at radius 3 is 2.44 bits per heavy atom. The Hall–Kier alpha value is -2.53. The molecule has 1 N–H and O–H groups in total. The van der Waals surface area contributed by atoms with E-state index in [0.717, 1.165) is 11.1 Å². The third-order valence-electron chi connectivity index (χ3n) is 4.30. The van der Waals surface area contributed by atoms with E-state index in [1.165, 1.54) is 0 Å². The topological polar surface area (TPSA) is 58.6 Å². The van der Waals surface area contributed by atoms with Crippen LogP contribution in [0.5, 0.6) is 5.75 Å². The summed E-state index contributed by atoms with van der Waals surface area (Å²) in [4.78, 5) is 26.7. The van der Waals surface area contributed by atoms with Crippen molar-refractivity contribution in [2.75, 3.05) is 13.2 Å². The zero-order chi connectivity index (χ0) is 19.8. The molecule has 2 aromatic rings. The van der Waals surface area contributed by atoms with Crippen molar-refractivity contribution in [3.05, 3.63) is 64.7 Å². The van der Waals surface area contributed by atoms with Gasteiger partial charge in [-0.2, -0.15) is 0 Å². The molecule has 2 amide bonds. The molecule has 5 nitrogen and oxygen atoms in total. The molecule has 2 rings (SSSR count). The number of nitrogens with one attached hydrogen (secondary N) is 1. The first-order chi connectivity index (χ1) is 12.9. The summed E-state index contributed by atoms with van der Waals surface area (Å²) in [5.74, 6) is 0.104. The molecule has 0 radical (unpaired) electrons. The van der Waals surface area contributed by atoms with Crippen molar-refractivity contribution in [3.63, 3.8) is 0 Å². The number of nitrogens with zero attached hydrogens (tertiary/aromatic N) is 1. The first kappa shape index (κ1) is 20.8. The molecule has 2 aromatic carbocycles. The molecule has 0 aliphatic rings. The number of rotatable bonds is 8. The van der Waals surface area contributed by atoms with Crippen LogP contribution in [0, 0.1) is 6.92 Å². The zero-order valence-corrected chi connectivity index (χ0v) is 16.6. The SMILES string of the molecule is CCNC(=O)[C@H](C)N(Cc1ccccc1C)C(=O)COc1ccc(Cl)cc1. The van der Waals surface area contributed by atoms with Gasteiger partial charge in [0.2, 0.25) is 5.91 Å². The summed E-state index contributed by atoms with van der Waals surface area (Å²) in [6.45, 7) is 6.26. The first-order valence-electron chi connectivity index (χ1n) is 8.92. The molecule has 0 aliphatic heterocycles. The second-order valence-electron chi connectivity index (χ2n) is 6.26. The van der Waals surface area contributed by atoms with Gasteiger partial charge in [0.15, 0.2) is 6.61 Å². The lowest BCUT2D eigenvalue weighted by molar-refractivity contribution is -0.142. The molecule has 0 heterocycles. The Balaban J connectivity index is 2.14. The predicted molar refractivity (Wildman–Crippen MR) is 107 cm³/mol. The van der Waals surface area contributed by atoms with E-state index in [2.05, 4.69) is 5.32 Å². The second kappa shape index (κ2) is 9.97. The highest BCUT2D eigenvalue weighted by molar-refractivity contribution is 6.30. The van der Waals surface area contributed by atoms with Gasteiger partial charge in [0, 0.05) is 18.1 Å². The van der Waals surface area contributed by atoms with Crippen LogP contribution >= 0.6 is 11.6 Å². The zero-order valence-electron chi connectivity index (χ0n) is 15.9. The maximum atomic E-state index is 12.8. The number of hydrogen-bond acceptors (Lipinski definition) is 3. The van der Waals surface area contributed by atoms with Crippen molar-refractivity contribution < 1.29 is 14.3 Å². The monoisotopic (exact) mass is 388 g/mol. The van der Waals surface area contributed by atoms with Gasteiger partial charge < -0.3 is 15.0 Å². The molecule has 144 valence electrons. The molecule has 0 saturated carbocycles. The summed E-state index contributed by atoms with van der Waals surface area (Å²) in [6.07, 6.45) is 0. The molecule has 1 atom stereocenters. The van der Waals surface area contributed by atoms with Crippen LogP contribution in [0.4, 0.5) is 0 Å². The molecule has 0 bridgehead atoms. The lowest BCUT2D eigenvalue weighted by Crippen LogP contribution is -2.49. The van der Waals surface area contributed by atoms with Crippen molar-refractivity contribution in [2.45, 2.75) is 33.4 Å². The maximum absolute atomic E-state index is 12.8. The van der Waals surface area contributed by atoms with Crippen LogP contribution in [0.3, 0.4) is 0 Å². The van der Waals surface area contributed by atoms with E-state index in [1.807, 2.05) is 38.1 Å². The third-order valence-corrected chi connectivity index (χ3v) is 4.55. The van der Waals surface area contributed by atoms with Gasteiger partial charge in [-0.25, -0.2) is 0 Å². The summed E-state index contributed by atoms with van der Waals surface area (Å²) < 4.78 is 5.58. The molecule has 0 aliphatic carbocycles. The summed E-state index contributed by atoms with van der Waals surface area (Å²) in [7, 11) is 0. The van der Waals surface area contributed by atoms with Crippen LogP contribution in [0.2, 0.25) is 5.02 Å². The van der Waals surface area contributed by atoms with Crippen LogP contribution in [0.15, 0.2) is 48.5 Å². The summed E-state index contributed by atoms with van der Waals surface area (Å²) in [6, 6.07) is 14.0. The molecule has 27 heavy (non-hydrogen) atoms. The fraction of sp³-hybridized carbons (Fsp3) is 0.333. The van der Waals surface area contributed by atoms with Gasteiger partial charge in [0.1, 0.15) is 11.8 Å². The highest BCUT2D eigenvalue weighted by Gasteiger charge is 2.26. The minimum absolute atomic E-state index is 0.155. The van der Waals surface area contributed by atoms with Crippen LogP contribution in [0.1, 0.15) is 25.0 Å². The van der Waals surface area contributed by atoms with Gasteiger partial charge >= 0.3 is 0 Å². The van der Waals surface area contributed by atoms with Crippen molar-refractivity contribution in [2.24, 2.45) is 0 Å². The van der Waals surface area contributed by atoms with Crippen molar-refractivity contribution in [3.8, 4) is 5.75 Å². The minimum Gasteiger partial charge on any atom is -0.484 e. The highest BCUT2D eigenvalue weighted by Crippen LogP contribution is 2.17. The fourth-order valence-corrected chi connectivity index (χ4v) is 2.76. The van der Waals surface area contributed by atoms with Gasteiger partial charge in [-0.15, -0.1) is 0 Å². The Bertz CT molecular complexity index is 777. The molecular weight excluding hydrogens is 364 g/mol. The van der Waals surface area contributed by atoms with E-state index in [4.69, 9.17) is 16.3 Å². The number of ether oxygens (including phenoxy) is 1. The lowest BCUT2D eigenvalue weighted by Gasteiger charge is -2.29. The smallest absolute Gasteiger partial charge is 0.261 e. The maximum Gasteiger partial charge on any atom is 0.261 e. The number of hydrogen-bond donors (Lipinski definition) is 1. The lowest BCUT2D eigenvalue weighted by atomic mass is 10.1. The van der Waals surface area contributed by atoms with Gasteiger partial charge in [0.05, 0.1) is 0 Å². The van der Waals surface area contributed by atoms with Crippen LogP contribution in [-0.4, -0.2) is 35.9 Å². The number of amides is 2. The van der Waals surface area contributed by atoms with E-state index in [1.54, 1.807) is 36.1 Å². The van der Waals surface area contributed by atoms with Crippen LogP contribution < -0.4 is 10.1 Å². The summed E-state index contributed by atoms with van der Waals surface area (Å²) >= 11 is 5.86. The van der Waals surface area contributed by atoms with Gasteiger partial charge in [-0.3, -0.25) is 9.59 Å². The summed E-state index contributed by atoms with van der Waals surface area (Å²) in [5, 5.41) is 3.37. The largest absolute Gasteiger partial charge is 0.484 e. The standard InChI is InChI=1S/C21H25ClN2O3/c1-4-23-21(26)16(3)24(13-17-8-6-5-7-15(17)2)20(25)14-27-19-11-9-18(22)10-12-19/h5-12,16H,4,13-14H2,1-3H3,(H,23,26)/t16-/m0/s1. The normalized spacial score (nSPS) is 11.6. The van der Waals surface area contributed by atoms with Gasteiger partial charge in [-0.1, -0.05) is 35.9 Å². The molecule has 0 aromatic heterocycles. The molecule has 0 spiro atoms. The number of halogens is 1. The van der Waals surface area contributed by atoms with E-state index < -0.39 is 6.04 Å². The Morgan fingerprint density at radius 2 is 1.81 bits per heavy atom. The quantitative estimate of drug-likeness (QED) is 0.751. The number of likely N-dealkylation sites (N-methyl/N-ethyl adjacent to an activating group) is 1. The minimum atomic E-state index is -0.606. The molecule has 0 saturated heterocycles. The molecular formula is C21H25ClN2O3. The van der Waals surface area contributed by atoms with Crippen molar-refractivity contribution in [1.82, 2.24) is 10.2 Å². The number of benzene rings is 2. The van der Waals surface area contributed by atoms with E-state index in [0.29, 0.717) is 23.9 Å². The van der Waals surface area contributed by atoms with E-state index >= 15 is 0 Å². The average Bonchev–Trinajstić information content (AvgIpc) is 2.66. The van der Waals surface area contributed by atoms with E-state index in [-0.39, 0.29) is 18.4 Å². The molecule has 0 fully saturated rings. The Labute approximate surface area is 165 Å². The molecule has 0 unspecified atom stereocenters. The third kappa shape index (κ3) is 6.00. The highest BCUT2D eigenvalue weighted by atomic mass is 35.5. The Morgan fingerprint density at radius 1 is 1.15 bits per heavy atom. The first-order valence-corrected chi connectivity index (χ1v) is 9.30. The predicted octanol–water partition coefficient (Wildman–Crippen LogP) is 3.58. The number of carbonyl (C=O) groups excluding carboxylic acids is 2. The van der Waals surface area contributed by atoms with Crippen LogP contribution in [0.25, 0.3) is 0 Å². The average molecular weight is 389 g/mol. The van der Waals surface area contributed by atoms with Crippen LogP contribution in [-0.2, 0) is 16.1 Å². The van der Waals surface area contributed by atoms with Gasteiger partial charge in [-0.05, 0) is 56.2 Å².